The molecule has 1 aromatic rings. The summed E-state index contributed by atoms with van der Waals surface area (Å²) in [5, 5.41) is 3.50. The lowest BCUT2D eigenvalue weighted by Gasteiger charge is -2.27. The molecule has 1 saturated heterocycles. The van der Waals surface area contributed by atoms with E-state index in [9.17, 15) is 0 Å². The van der Waals surface area contributed by atoms with Gasteiger partial charge in [0.2, 0.25) is 0 Å². The first-order chi connectivity index (χ1) is 9.74. The van der Waals surface area contributed by atoms with Crippen molar-refractivity contribution in [3.05, 3.63) is 29.3 Å². The average molecular weight is 272 g/mol. The monoisotopic (exact) mass is 272 g/mol. The normalized spacial score (nSPS) is 21.5. The number of benzene rings is 1. The molecule has 1 aromatic carbocycles. The van der Waals surface area contributed by atoms with E-state index in [1.165, 1.54) is 62.0 Å². The van der Waals surface area contributed by atoms with Crippen molar-refractivity contribution in [3.8, 4) is 0 Å². The summed E-state index contributed by atoms with van der Waals surface area (Å²) in [5.41, 5.74) is 4.97. The maximum atomic E-state index is 3.50. The molecule has 1 N–H and O–H groups in total. The second-order valence-corrected chi connectivity index (χ2v) is 6.69. The van der Waals surface area contributed by atoms with E-state index in [1.54, 1.807) is 0 Å². The molecule has 2 aliphatic rings. The summed E-state index contributed by atoms with van der Waals surface area (Å²) in [5.74, 6) is 0. The van der Waals surface area contributed by atoms with E-state index >= 15 is 0 Å². The number of nitrogens with one attached hydrogen (secondary N) is 1. The minimum Gasteiger partial charge on any atom is -0.385 e. The van der Waals surface area contributed by atoms with Crippen molar-refractivity contribution in [2.24, 2.45) is 5.41 Å². The van der Waals surface area contributed by atoms with Crippen LogP contribution in [-0.2, 0) is 13.0 Å². The molecular formula is C18H28N2. The molecule has 3 rings (SSSR count). The lowest BCUT2D eigenvalue weighted by molar-refractivity contribution is 0.236. The van der Waals surface area contributed by atoms with Gasteiger partial charge >= 0.3 is 0 Å². The Balaban J connectivity index is 1.67. The number of hydrogen-bond donors (Lipinski definition) is 1. The van der Waals surface area contributed by atoms with E-state index in [-0.39, 0.29) is 0 Å². The standard InChI is InChI=1S/C18H28N2/c1-3-18(4-2)9-11-20(14-18)13-15-7-8-17-16(12-15)6-5-10-19-17/h7-8,12,19H,3-6,9-11,13-14H2,1-2H3. The van der Waals surface area contributed by atoms with Crippen LogP contribution in [0, 0.1) is 5.41 Å². The molecule has 2 heteroatoms. The third-order valence-electron chi connectivity index (χ3n) is 5.53. The Labute approximate surface area is 123 Å². The predicted octanol–water partition coefficient (Wildman–Crippen LogP) is 4.06. The van der Waals surface area contributed by atoms with Crippen molar-refractivity contribution in [2.45, 2.75) is 52.5 Å². The van der Waals surface area contributed by atoms with E-state index < -0.39 is 0 Å². The van der Waals surface area contributed by atoms with Crippen molar-refractivity contribution >= 4 is 5.69 Å². The maximum Gasteiger partial charge on any atom is 0.0372 e. The van der Waals surface area contributed by atoms with Crippen LogP contribution in [0.4, 0.5) is 5.69 Å². The molecule has 0 atom stereocenters. The molecule has 0 aromatic heterocycles. The molecule has 0 spiro atoms. The van der Waals surface area contributed by atoms with Crippen molar-refractivity contribution in [3.63, 3.8) is 0 Å². The number of nitrogens with zero attached hydrogens (tertiary/aromatic N) is 1. The minimum atomic E-state index is 0.593. The molecule has 0 saturated carbocycles. The van der Waals surface area contributed by atoms with Crippen LogP contribution in [0.5, 0.6) is 0 Å². The molecule has 1 fully saturated rings. The molecule has 0 unspecified atom stereocenters. The van der Waals surface area contributed by atoms with Gasteiger partial charge in [-0.3, -0.25) is 4.90 Å². The Bertz CT molecular complexity index is 462. The highest BCUT2D eigenvalue weighted by molar-refractivity contribution is 5.54. The van der Waals surface area contributed by atoms with Crippen LogP contribution in [0.3, 0.4) is 0 Å². The van der Waals surface area contributed by atoms with Gasteiger partial charge in [0.25, 0.3) is 0 Å². The summed E-state index contributed by atoms with van der Waals surface area (Å²) in [6, 6.07) is 7.03. The number of anilines is 1. The van der Waals surface area contributed by atoms with Gasteiger partial charge in [0.1, 0.15) is 0 Å². The summed E-state index contributed by atoms with van der Waals surface area (Å²) in [6.07, 6.45) is 6.55. The van der Waals surface area contributed by atoms with Gasteiger partial charge in [0.05, 0.1) is 0 Å². The van der Waals surface area contributed by atoms with Crippen LogP contribution in [0.15, 0.2) is 18.2 Å². The molecule has 110 valence electrons. The fourth-order valence-electron chi connectivity index (χ4n) is 3.87. The van der Waals surface area contributed by atoms with Gasteiger partial charge in [0, 0.05) is 25.3 Å². The summed E-state index contributed by atoms with van der Waals surface area (Å²) in [6.45, 7) is 9.55. The van der Waals surface area contributed by atoms with Crippen LogP contribution in [0.2, 0.25) is 0 Å². The van der Waals surface area contributed by atoms with Crippen molar-refractivity contribution < 1.29 is 0 Å². The van der Waals surface area contributed by atoms with Crippen LogP contribution in [0.25, 0.3) is 0 Å². The zero-order valence-corrected chi connectivity index (χ0v) is 13.0. The van der Waals surface area contributed by atoms with Gasteiger partial charge in [-0.05, 0) is 61.3 Å². The van der Waals surface area contributed by atoms with Crippen LogP contribution < -0.4 is 5.32 Å². The Morgan fingerprint density at radius 3 is 2.85 bits per heavy atom. The number of likely N-dealkylation sites (tertiary alicyclic amines) is 1. The van der Waals surface area contributed by atoms with Gasteiger partial charge in [-0.25, -0.2) is 0 Å². The first-order valence-corrected chi connectivity index (χ1v) is 8.33. The average Bonchev–Trinajstić information content (AvgIpc) is 2.91. The topological polar surface area (TPSA) is 15.3 Å². The molecule has 2 nitrogen and oxygen atoms in total. The third-order valence-corrected chi connectivity index (χ3v) is 5.53. The van der Waals surface area contributed by atoms with Crippen molar-refractivity contribution in [1.82, 2.24) is 4.90 Å². The van der Waals surface area contributed by atoms with Gasteiger partial charge < -0.3 is 5.32 Å². The first-order valence-electron chi connectivity index (χ1n) is 8.33. The zero-order chi connectivity index (χ0) is 14.0. The molecule has 0 aliphatic carbocycles. The van der Waals surface area contributed by atoms with E-state index in [4.69, 9.17) is 0 Å². The number of hydrogen-bond acceptors (Lipinski definition) is 2. The second-order valence-electron chi connectivity index (χ2n) is 6.69. The van der Waals surface area contributed by atoms with Gasteiger partial charge in [0.15, 0.2) is 0 Å². The van der Waals surface area contributed by atoms with Crippen LogP contribution >= 0.6 is 0 Å². The smallest absolute Gasteiger partial charge is 0.0372 e. The summed E-state index contributed by atoms with van der Waals surface area (Å²) >= 11 is 0. The van der Waals surface area contributed by atoms with Crippen molar-refractivity contribution in [1.29, 1.82) is 0 Å². The summed E-state index contributed by atoms with van der Waals surface area (Å²) in [4.78, 5) is 2.66. The fourth-order valence-corrected chi connectivity index (χ4v) is 3.87. The minimum absolute atomic E-state index is 0.593. The third kappa shape index (κ3) is 2.71. The SMILES string of the molecule is CCC1(CC)CCN(Cc2ccc3c(c2)CCCN3)C1. The molecular weight excluding hydrogens is 244 g/mol. The van der Waals surface area contributed by atoms with Gasteiger partial charge in [-0.2, -0.15) is 0 Å². The van der Waals surface area contributed by atoms with E-state index in [0.717, 1.165) is 13.1 Å². The Morgan fingerprint density at radius 1 is 1.25 bits per heavy atom. The van der Waals surface area contributed by atoms with Crippen LogP contribution in [0.1, 0.15) is 50.7 Å². The highest BCUT2D eigenvalue weighted by atomic mass is 15.2. The summed E-state index contributed by atoms with van der Waals surface area (Å²) < 4.78 is 0. The molecule has 0 bridgehead atoms. The van der Waals surface area contributed by atoms with Crippen molar-refractivity contribution in [2.75, 3.05) is 25.0 Å². The number of aryl methyl sites for hydroxylation is 1. The van der Waals surface area contributed by atoms with Crippen LogP contribution in [-0.4, -0.2) is 24.5 Å². The van der Waals surface area contributed by atoms with Gasteiger partial charge in [-0.15, -0.1) is 0 Å². The van der Waals surface area contributed by atoms with E-state index in [1.807, 2.05) is 0 Å². The lowest BCUT2D eigenvalue weighted by atomic mass is 9.82. The Hall–Kier alpha value is -1.02. The largest absolute Gasteiger partial charge is 0.385 e. The molecule has 2 heterocycles. The quantitative estimate of drug-likeness (QED) is 0.889. The molecule has 2 aliphatic heterocycles. The Kier molecular flexibility index (Phi) is 4.02. The fraction of sp³-hybridized carbons (Fsp3) is 0.667. The van der Waals surface area contributed by atoms with E-state index in [2.05, 4.69) is 42.3 Å². The molecule has 0 amide bonds. The number of rotatable bonds is 4. The first kappa shape index (κ1) is 13.9. The highest BCUT2D eigenvalue weighted by Gasteiger charge is 2.34. The highest BCUT2D eigenvalue weighted by Crippen LogP contribution is 2.37. The Morgan fingerprint density at radius 2 is 2.10 bits per heavy atom. The summed E-state index contributed by atoms with van der Waals surface area (Å²) in [7, 11) is 0. The van der Waals surface area contributed by atoms with E-state index in [0.29, 0.717) is 5.41 Å². The maximum absolute atomic E-state index is 3.50. The molecule has 20 heavy (non-hydrogen) atoms. The predicted molar refractivity (Wildman–Crippen MR) is 86.2 cm³/mol. The zero-order valence-electron chi connectivity index (χ0n) is 13.0. The molecule has 0 radical (unpaired) electrons. The second kappa shape index (κ2) is 5.77. The lowest BCUT2D eigenvalue weighted by Crippen LogP contribution is -2.26. The van der Waals surface area contributed by atoms with Gasteiger partial charge in [-0.1, -0.05) is 26.0 Å². The number of fused-ring (bicyclic) bond motifs is 1.